The second kappa shape index (κ2) is 11.0. The number of rotatable bonds is 9. The Kier molecular flexibility index (Phi) is 9.02. The highest BCUT2D eigenvalue weighted by Crippen LogP contribution is 2.02. The summed E-state index contributed by atoms with van der Waals surface area (Å²) in [6.45, 7) is 1.25. The fraction of sp³-hybridized carbons (Fsp3) is 0.471. The quantitative estimate of drug-likeness (QED) is 0.565. The van der Waals surface area contributed by atoms with Crippen molar-refractivity contribution < 1.29 is 29.0 Å². The van der Waals surface area contributed by atoms with Gasteiger partial charge in [-0.1, -0.05) is 43.7 Å². The van der Waals surface area contributed by atoms with Crippen molar-refractivity contribution in [2.75, 3.05) is 13.7 Å². The van der Waals surface area contributed by atoms with E-state index in [4.69, 9.17) is 4.74 Å². The van der Waals surface area contributed by atoms with E-state index >= 15 is 0 Å². The van der Waals surface area contributed by atoms with Crippen LogP contribution >= 0.6 is 0 Å². The van der Waals surface area contributed by atoms with Crippen LogP contribution in [-0.2, 0) is 25.7 Å². The molecule has 0 aliphatic heterocycles. The number of esters is 1. The second-order valence-electron chi connectivity index (χ2n) is 5.31. The number of hydrogen-bond acceptors (Lipinski definition) is 6. The predicted octanol–water partition coefficient (Wildman–Crippen LogP) is 0.732. The van der Waals surface area contributed by atoms with E-state index in [1.165, 1.54) is 7.11 Å². The minimum atomic E-state index is -1.23. The van der Waals surface area contributed by atoms with E-state index in [0.717, 1.165) is 5.56 Å². The monoisotopic (exact) mass is 352 g/mol. The van der Waals surface area contributed by atoms with Crippen LogP contribution in [0.25, 0.3) is 0 Å². The van der Waals surface area contributed by atoms with E-state index < -0.39 is 36.7 Å². The minimum Gasteiger partial charge on any atom is -0.467 e. The van der Waals surface area contributed by atoms with Crippen LogP contribution in [0.3, 0.4) is 0 Å². The molecule has 0 spiro atoms. The molecule has 8 heteroatoms. The number of amides is 2. The third-order valence-electron chi connectivity index (χ3n) is 3.38. The molecule has 138 valence electrons. The van der Waals surface area contributed by atoms with Crippen molar-refractivity contribution in [1.82, 2.24) is 10.6 Å². The fourth-order valence-electron chi connectivity index (χ4n) is 2.05. The van der Waals surface area contributed by atoms with Crippen LogP contribution in [0, 0.1) is 0 Å². The minimum absolute atomic E-state index is 0.0348. The lowest BCUT2D eigenvalue weighted by Gasteiger charge is -2.20. The van der Waals surface area contributed by atoms with Gasteiger partial charge in [0.2, 0.25) is 5.91 Å². The molecule has 0 bridgehead atoms. The van der Waals surface area contributed by atoms with Crippen LogP contribution in [0.15, 0.2) is 30.3 Å². The number of carbonyl (C=O) groups excluding carboxylic acids is 3. The Balaban J connectivity index is 2.54. The molecule has 0 aromatic heterocycles. The van der Waals surface area contributed by atoms with Crippen LogP contribution in [-0.4, -0.2) is 48.9 Å². The molecule has 0 saturated carbocycles. The van der Waals surface area contributed by atoms with Gasteiger partial charge in [-0.3, -0.25) is 4.79 Å². The van der Waals surface area contributed by atoms with Crippen LogP contribution in [0.4, 0.5) is 4.79 Å². The summed E-state index contributed by atoms with van der Waals surface area (Å²) >= 11 is 0. The highest BCUT2D eigenvalue weighted by atomic mass is 16.5. The van der Waals surface area contributed by atoms with Gasteiger partial charge in [0.15, 0.2) is 0 Å². The number of aliphatic hydroxyl groups is 1. The van der Waals surface area contributed by atoms with Gasteiger partial charge >= 0.3 is 12.1 Å². The van der Waals surface area contributed by atoms with Gasteiger partial charge in [0.05, 0.1) is 13.7 Å². The fourth-order valence-corrected chi connectivity index (χ4v) is 2.05. The molecule has 2 atom stereocenters. The van der Waals surface area contributed by atoms with Gasteiger partial charge in [-0.15, -0.1) is 0 Å². The number of carbonyl (C=O) groups is 3. The molecule has 1 aromatic rings. The van der Waals surface area contributed by atoms with Crippen molar-refractivity contribution in [3.05, 3.63) is 35.9 Å². The molecule has 8 nitrogen and oxygen atoms in total. The maximum absolute atomic E-state index is 12.1. The Hall–Kier alpha value is -2.61. The molecular weight excluding hydrogens is 328 g/mol. The standard InChI is InChI=1S/C17H24N2O6/c1-3-7-13(16(22)24-2)18-15(21)14(10-20)19-17(23)25-11-12-8-5-4-6-9-12/h4-6,8-9,13-14,20H,3,7,10-11H2,1-2H3,(H,18,21)(H,19,23)/t13-,14-/m0/s1. The van der Waals surface area contributed by atoms with E-state index in [1.54, 1.807) is 24.3 Å². The molecular formula is C17H24N2O6. The lowest BCUT2D eigenvalue weighted by Crippen LogP contribution is -2.53. The third-order valence-corrected chi connectivity index (χ3v) is 3.38. The molecule has 0 aliphatic carbocycles. The van der Waals surface area contributed by atoms with Crippen molar-refractivity contribution in [2.45, 2.75) is 38.5 Å². The lowest BCUT2D eigenvalue weighted by molar-refractivity contribution is -0.145. The maximum atomic E-state index is 12.1. The molecule has 1 aromatic carbocycles. The summed E-state index contributed by atoms with van der Waals surface area (Å²) in [5.74, 6) is -1.28. The Bertz CT molecular complexity index is 564. The zero-order valence-corrected chi connectivity index (χ0v) is 14.4. The molecule has 0 unspecified atom stereocenters. The first-order chi connectivity index (χ1) is 12.0. The summed E-state index contributed by atoms with van der Waals surface area (Å²) in [5, 5.41) is 14.0. The van der Waals surface area contributed by atoms with E-state index in [2.05, 4.69) is 15.4 Å². The summed E-state index contributed by atoms with van der Waals surface area (Å²) in [6.07, 6.45) is 0.189. The van der Waals surface area contributed by atoms with Gasteiger partial charge < -0.3 is 25.2 Å². The molecule has 0 heterocycles. The second-order valence-corrected chi connectivity index (χ2v) is 5.31. The van der Waals surface area contributed by atoms with Gasteiger partial charge in [-0.25, -0.2) is 9.59 Å². The predicted molar refractivity (Wildman–Crippen MR) is 89.5 cm³/mol. The third kappa shape index (κ3) is 7.21. The molecule has 1 rings (SSSR count). The average molecular weight is 352 g/mol. The van der Waals surface area contributed by atoms with E-state index in [-0.39, 0.29) is 6.61 Å². The highest BCUT2D eigenvalue weighted by Gasteiger charge is 2.26. The normalized spacial score (nSPS) is 12.6. The van der Waals surface area contributed by atoms with Crippen molar-refractivity contribution in [1.29, 1.82) is 0 Å². The van der Waals surface area contributed by atoms with Gasteiger partial charge in [-0.2, -0.15) is 0 Å². The lowest BCUT2D eigenvalue weighted by atomic mass is 10.1. The zero-order chi connectivity index (χ0) is 18.7. The number of nitrogens with one attached hydrogen (secondary N) is 2. The SMILES string of the molecule is CCC[C@H](NC(=O)[C@H](CO)NC(=O)OCc1ccccc1)C(=O)OC. The van der Waals surface area contributed by atoms with E-state index in [0.29, 0.717) is 12.8 Å². The van der Waals surface area contributed by atoms with Gasteiger partial charge in [0.1, 0.15) is 18.7 Å². The Morgan fingerprint density at radius 3 is 2.36 bits per heavy atom. The smallest absolute Gasteiger partial charge is 0.408 e. The van der Waals surface area contributed by atoms with Crippen molar-refractivity contribution in [3.63, 3.8) is 0 Å². The number of benzene rings is 1. The van der Waals surface area contributed by atoms with Crippen LogP contribution in [0.5, 0.6) is 0 Å². The summed E-state index contributed by atoms with van der Waals surface area (Å²) in [4.78, 5) is 35.5. The van der Waals surface area contributed by atoms with E-state index in [1.807, 2.05) is 13.0 Å². The molecule has 3 N–H and O–H groups in total. The summed E-state index contributed by atoms with van der Waals surface area (Å²) in [5.41, 5.74) is 0.788. The number of aliphatic hydroxyl groups excluding tert-OH is 1. The molecule has 0 saturated heterocycles. The summed E-state index contributed by atoms with van der Waals surface area (Å²) in [7, 11) is 1.22. The van der Waals surface area contributed by atoms with Gasteiger partial charge in [-0.05, 0) is 12.0 Å². The largest absolute Gasteiger partial charge is 0.467 e. The first-order valence-electron chi connectivity index (χ1n) is 7.98. The average Bonchev–Trinajstić information content (AvgIpc) is 2.64. The molecule has 2 amide bonds. The van der Waals surface area contributed by atoms with Gasteiger partial charge in [0.25, 0.3) is 0 Å². The van der Waals surface area contributed by atoms with E-state index in [9.17, 15) is 19.5 Å². The van der Waals surface area contributed by atoms with Crippen molar-refractivity contribution >= 4 is 18.0 Å². The number of hydrogen-bond donors (Lipinski definition) is 3. The van der Waals surface area contributed by atoms with Gasteiger partial charge in [0, 0.05) is 0 Å². The first-order valence-corrected chi connectivity index (χ1v) is 7.98. The van der Waals surface area contributed by atoms with Crippen molar-refractivity contribution in [2.24, 2.45) is 0 Å². The van der Waals surface area contributed by atoms with Crippen LogP contribution < -0.4 is 10.6 Å². The number of ether oxygens (including phenoxy) is 2. The molecule has 0 aliphatic rings. The van der Waals surface area contributed by atoms with Crippen LogP contribution in [0.1, 0.15) is 25.3 Å². The summed E-state index contributed by atoms with van der Waals surface area (Å²) < 4.78 is 9.62. The zero-order valence-electron chi connectivity index (χ0n) is 14.4. The Labute approximate surface area is 146 Å². The highest BCUT2D eigenvalue weighted by molar-refractivity contribution is 5.89. The molecule has 25 heavy (non-hydrogen) atoms. The number of methoxy groups -OCH3 is 1. The van der Waals surface area contributed by atoms with Crippen molar-refractivity contribution in [3.8, 4) is 0 Å². The maximum Gasteiger partial charge on any atom is 0.408 e. The Morgan fingerprint density at radius 1 is 1.12 bits per heavy atom. The summed E-state index contributed by atoms with van der Waals surface area (Å²) in [6, 6.07) is 6.96. The Morgan fingerprint density at radius 2 is 1.80 bits per heavy atom. The molecule has 0 radical (unpaired) electrons. The first kappa shape index (κ1) is 20.4. The van der Waals surface area contributed by atoms with Crippen LogP contribution in [0.2, 0.25) is 0 Å². The topological polar surface area (TPSA) is 114 Å². The number of alkyl carbamates (subject to hydrolysis) is 1. The molecule has 0 fully saturated rings.